The highest BCUT2D eigenvalue weighted by Gasteiger charge is 2.18. The highest BCUT2D eigenvalue weighted by molar-refractivity contribution is 8.14. The van der Waals surface area contributed by atoms with Crippen LogP contribution in [0.1, 0.15) is 10.4 Å². The molecule has 0 amide bonds. The van der Waals surface area contributed by atoms with E-state index in [4.69, 9.17) is 0 Å². The smallest absolute Gasteiger partial charge is 0.224 e. The molecule has 3 aromatic rings. The van der Waals surface area contributed by atoms with Crippen LogP contribution in [-0.2, 0) is 0 Å². The fourth-order valence-corrected chi connectivity index (χ4v) is 3.10. The first-order chi connectivity index (χ1) is 10.2. The fourth-order valence-electron chi connectivity index (χ4n) is 2.08. The molecule has 0 saturated heterocycles. The molecule has 2 aromatic heterocycles. The molecule has 5 heteroatoms. The van der Waals surface area contributed by atoms with Crippen LogP contribution in [0.5, 0.6) is 0 Å². The standard InChI is InChI=1S/C16H15N3OS/c1-18(2)15-14(13-10-6-7-11-19(13)17-15)21-16(20)12-8-4-3-5-9-12/h3-11H,1-2H3. The van der Waals surface area contributed by atoms with Crippen molar-refractivity contribution in [3.05, 3.63) is 60.3 Å². The third-order valence-electron chi connectivity index (χ3n) is 3.11. The van der Waals surface area contributed by atoms with Crippen LogP contribution in [0.25, 0.3) is 5.52 Å². The van der Waals surface area contributed by atoms with E-state index in [1.807, 2.05) is 73.7 Å². The third-order valence-corrected chi connectivity index (χ3v) is 4.12. The van der Waals surface area contributed by atoms with Crippen molar-refractivity contribution in [1.29, 1.82) is 0 Å². The largest absolute Gasteiger partial charge is 0.360 e. The molecule has 1 aromatic carbocycles. The first-order valence-electron chi connectivity index (χ1n) is 6.59. The SMILES string of the molecule is CN(C)c1nn2ccccc2c1SC(=O)c1ccccc1. The van der Waals surface area contributed by atoms with Crippen LogP contribution >= 0.6 is 11.8 Å². The number of nitrogens with zero attached hydrogens (tertiary/aromatic N) is 3. The third kappa shape index (κ3) is 2.64. The Labute approximate surface area is 127 Å². The fraction of sp³-hybridized carbons (Fsp3) is 0.125. The Kier molecular flexibility index (Phi) is 3.66. The first kappa shape index (κ1) is 13.7. The second kappa shape index (κ2) is 5.61. The summed E-state index contributed by atoms with van der Waals surface area (Å²) in [6.07, 6.45) is 1.89. The molecule has 0 bridgehead atoms. The van der Waals surface area contributed by atoms with Crippen molar-refractivity contribution in [3.63, 3.8) is 0 Å². The minimum atomic E-state index is 0.0254. The maximum Gasteiger partial charge on any atom is 0.224 e. The molecule has 4 nitrogen and oxygen atoms in total. The molecule has 0 saturated carbocycles. The second-order valence-electron chi connectivity index (χ2n) is 4.83. The van der Waals surface area contributed by atoms with E-state index in [1.165, 1.54) is 11.8 Å². The summed E-state index contributed by atoms with van der Waals surface area (Å²) in [5.74, 6) is 0.801. The van der Waals surface area contributed by atoms with E-state index in [0.29, 0.717) is 5.56 Å². The van der Waals surface area contributed by atoms with Gasteiger partial charge in [0.2, 0.25) is 5.12 Å². The summed E-state index contributed by atoms with van der Waals surface area (Å²) in [5, 5.41) is 4.55. The van der Waals surface area contributed by atoms with Gasteiger partial charge in [-0.05, 0) is 23.9 Å². The summed E-state index contributed by atoms with van der Waals surface area (Å²) in [6, 6.07) is 15.2. The molecule has 0 radical (unpaired) electrons. The molecule has 3 rings (SSSR count). The minimum Gasteiger partial charge on any atom is -0.360 e. The number of anilines is 1. The van der Waals surface area contributed by atoms with E-state index < -0.39 is 0 Å². The van der Waals surface area contributed by atoms with Crippen LogP contribution in [0.4, 0.5) is 5.82 Å². The first-order valence-corrected chi connectivity index (χ1v) is 7.40. The molecular weight excluding hydrogens is 282 g/mol. The van der Waals surface area contributed by atoms with Crippen molar-refractivity contribution < 1.29 is 4.79 Å². The maximum absolute atomic E-state index is 12.4. The topological polar surface area (TPSA) is 37.6 Å². The lowest BCUT2D eigenvalue weighted by molar-refractivity contribution is 0.108. The predicted octanol–water partition coefficient (Wildman–Crippen LogP) is 3.33. The normalized spacial score (nSPS) is 10.8. The van der Waals surface area contributed by atoms with Gasteiger partial charge in [-0.15, -0.1) is 5.10 Å². The average Bonchev–Trinajstić information content (AvgIpc) is 2.87. The average molecular weight is 297 g/mol. The number of hydrogen-bond acceptors (Lipinski definition) is 4. The predicted molar refractivity (Wildman–Crippen MR) is 86.1 cm³/mol. The Morgan fingerprint density at radius 3 is 2.52 bits per heavy atom. The van der Waals surface area contributed by atoms with Crippen LogP contribution in [-0.4, -0.2) is 28.8 Å². The molecule has 2 heterocycles. The number of thioether (sulfide) groups is 1. The number of carbonyl (C=O) groups is 1. The molecule has 0 fully saturated rings. The zero-order valence-electron chi connectivity index (χ0n) is 11.9. The highest BCUT2D eigenvalue weighted by Crippen LogP contribution is 2.34. The molecule has 0 aliphatic rings. The summed E-state index contributed by atoms with van der Waals surface area (Å²) in [4.78, 5) is 15.2. The van der Waals surface area contributed by atoms with E-state index in [9.17, 15) is 4.79 Å². The van der Waals surface area contributed by atoms with Crippen molar-refractivity contribution in [1.82, 2.24) is 9.61 Å². The van der Waals surface area contributed by atoms with Crippen molar-refractivity contribution in [2.24, 2.45) is 0 Å². The van der Waals surface area contributed by atoms with Gasteiger partial charge >= 0.3 is 0 Å². The van der Waals surface area contributed by atoms with Crippen LogP contribution in [0.15, 0.2) is 59.6 Å². The van der Waals surface area contributed by atoms with Gasteiger partial charge in [0.15, 0.2) is 5.82 Å². The zero-order valence-corrected chi connectivity index (χ0v) is 12.7. The van der Waals surface area contributed by atoms with Crippen molar-refractivity contribution in [3.8, 4) is 0 Å². The number of pyridine rings is 1. The van der Waals surface area contributed by atoms with Gasteiger partial charge in [-0.2, -0.15) is 0 Å². The lowest BCUT2D eigenvalue weighted by Gasteiger charge is -2.10. The Morgan fingerprint density at radius 1 is 1.10 bits per heavy atom. The Morgan fingerprint density at radius 2 is 1.81 bits per heavy atom. The highest BCUT2D eigenvalue weighted by atomic mass is 32.2. The van der Waals surface area contributed by atoms with E-state index in [0.717, 1.165) is 16.2 Å². The molecule has 0 atom stereocenters. The van der Waals surface area contributed by atoms with E-state index in [2.05, 4.69) is 5.10 Å². The second-order valence-corrected chi connectivity index (χ2v) is 5.82. The van der Waals surface area contributed by atoms with Crippen LogP contribution in [0.3, 0.4) is 0 Å². The monoisotopic (exact) mass is 297 g/mol. The summed E-state index contributed by atoms with van der Waals surface area (Å²) >= 11 is 1.22. The van der Waals surface area contributed by atoms with Crippen molar-refractivity contribution in [2.75, 3.05) is 19.0 Å². The van der Waals surface area contributed by atoms with E-state index in [-0.39, 0.29) is 5.12 Å². The van der Waals surface area contributed by atoms with Crippen LogP contribution in [0, 0.1) is 0 Å². The summed E-state index contributed by atoms with van der Waals surface area (Å²) in [5.41, 5.74) is 1.64. The van der Waals surface area contributed by atoms with Gasteiger partial charge in [0, 0.05) is 25.9 Å². The van der Waals surface area contributed by atoms with Gasteiger partial charge in [0.25, 0.3) is 0 Å². The summed E-state index contributed by atoms with van der Waals surface area (Å²) < 4.78 is 1.80. The Hall–Kier alpha value is -2.27. The number of fused-ring (bicyclic) bond motifs is 1. The van der Waals surface area contributed by atoms with Gasteiger partial charge in [0.1, 0.15) is 0 Å². The number of carbonyl (C=O) groups excluding carboxylic acids is 1. The van der Waals surface area contributed by atoms with Gasteiger partial charge in [0.05, 0.1) is 10.4 Å². The molecule has 0 N–H and O–H groups in total. The van der Waals surface area contributed by atoms with Gasteiger partial charge in [-0.1, -0.05) is 36.4 Å². The summed E-state index contributed by atoms with van der Waals surface area (Å²) in [6.45, 7) is 0. The van der Waals surface area contributed by atoms with Crippen LogP contribution in [0.2, 0.25) is 0 Å². The van der Waals surface area contributed by atoms with E-state index >= 15 is 0 Å². The maximum atomic E-state index is 12.4. The number of rotatable bonds is 3. The Bertz CT molecular complexity index is 781. The van der Waals surface area contributed by atoms with Crippen molar-refractivity contribution >= 4 is 28.2 Å². The molecule has 0 aliphatic heterocycles. The van der Waals surface area contributed by atoms with Gasteiger partial charge in [-0.3, -0.25) is 4.79 Å². The Balaban J connectivity index is 2.03. The quantitative estimate of drug-likeness (QED) is 0.695. The van der Waals surface area contributed by atoms with Crippen molar-refractivity contribution in [2.45, 2.75) is 4.90 Å². The molecule has 106 valence electrons. The lowest BCUT2D eigenvalue weighted by atomic mass is 10.2. The molecule has 21 heavy (non-hydrogen) atoms. The molecule has 0 spiro atoms. The number of benzene rings is 1. The molecular formula is C16H15N3OS. The molecule has 0 aliphatic carbocycles. The number of hydrogen-bond donors (Lipinski definition) is 0. The van der Waals surface area contributed by atoms with Crippen LogP contribution < -0.4 is 4.90 Å². The van der Waals surface area contributed by atoms with Gasteiger partial charge in [-0.25, -0.2) is 4.52 Å². The zero-order chi connectivity index (χ0) is 14.8. The van der Waals surface area contributed by atoms with E-state index in [1.54, 1.807) is 4.52 Å². The number of aromatic nitrogens is 2. The lowest BCUT2D eigenvalue weighted by Crippen LogP contribution is -2.10. The minimum absolute atomic E-state index is 0.0254. The summed E-state index contributed by atoms with van der Waals surface area (Å²) in [7, 11) is 3.86. The molecule has 0 unspecified atom stereocenters. The van der Waals surface area contributed by atoms with Gasteiger partial charge < -0.3 is 4.90 Å².